The topological polar surface area (TPSA) is 101 Å². The van der Waals surface area contributed by atoms with E-state index in [2.05, 4.69) is 36.1 Å². The zero-order chi connectivity index (χ0) is 29.9. The third-order valence-electron chi connectivity index (χ3n) is 6.07. The van der Waals surface area contributed by atoms with Gasteiger partial charge in [0.25, 0.3) is 0 Å². The van der Waals surface area contributed by atoms with Crippen LogP contribution in [0.3, 0.4) is 0 Å². The molecule has 13 heteroatoms. The third kappa shape index (κ3) is 6.40. The second-order valence-electron chi connectivity index (χ2n) is 9.09. The van der Waals surface area contributed by atoms with Gasteiger partial charge in [-0.1, -0.05) is 17.3 Å². The molecule has 0 saturated carbocycles. The molecule has 0 aliphatic carbocycles. The molecule has 0 unspecified atom stereocenters. The van der Waals surface area contributed by atoms with Crippen LogP contribution in [-0.2, 0) is 0 Å². The van der Waals surface area contributed by atoms with E-state index >= 15 is 0 Å². The highest BCUT2D eigenvalue weighted by Gasteiger charge is 2.14. The SMILES string of the molecule is Fc1ccc(-c2cc(-c3ccc(Nc4nc(Nc5ccc(F)cc5F)nc(Nc5ccc(F)cc5F)n4)cc3)no2)cc1. The van der Waals surface area contributed by atoms with Gasteiger partial charge >= 0.3 is 0 Å². The molecule has 2 heterocycles. The first-order chi connectivity index (χ1) is 20.8. The maximum Gasteiger partial charge on any atom is 0.233 e. The van der Waals surface area contributed by atoms with E-state index < -0.39 is 23.3 Å². The molecule has 3 N–H and O–H groups in total. The summed E-state index contributed by atoms with van der Waals surface area (Å²) in [5, 5.41) is 12.4. The molecular weight excluding hydrogens is 569 g/mol. The minimum atomic E-state index is -0.889. The molecule has 0 radical (unpaired) electrons. The fourth-order valence-electron chi connectivity index (χ4n) is 3.98. The number of nitrogens with zero attached hydrogens (tertiary/aromatic N) is 4. The van der Waals surface area contributed by atoms with E-state index in [1.165, 1.54) is 24.3 Å². The van der Waals surface area contributed by atoms with Gasteiger partial charge in [0.1, 0.15) is 34.8 Å². The first kappa shape index (κ1) is 27.3. The summed E-state index contributed by atoms with van der Waals surface area (Å²) in [5.41, 5.74) is 2.25. The van der Waals surface area contributed by atoms with Gasteiger partial charge < -0.3 is 20.5 Å². The molecule has 0 saturated heterocycles. The van der Waals surface area contributed by atoms with Gasteiger partial charge in [-0.05, 0) is 60.7 Å². The van der Waals surface area contributed by atoms with Crippen molar-refractivity contribution in [2.45, 2.75) is 0 Å². The van der Waals surface area contributed by atoms with Crippen molar-refractivity contribution >= 4 is 34.9 Å². The number of hydrogen-bond donors (Lipinski definition) is 3. The lowest BCUT2D eigenvalue weighted by Gasteiger charge is -2.12. The Bertz CT molecular complexity index is 1840. The van der Waals surface area contributed by atoms with E-state index in [0.29, 0.717) is 34.8 Å². The summed E-state index contributed by atoms with van der Waals surface area (Å²) in [6.45, 7) is 0. The molecule has 214 valence electrons. The van der Waals surface area contributed by atoms with E-state index in [4.69, 9.17) is 4.52 Å². The normalized spacial score (nSPS) is 10.9. The van der Waals surface area contributed by atoms with Gasteiger partial charge in [0.2, 0.25) is 17.8 Å². The van der Waals surface area contributed by atoms with Gasteiger partial charge in [0.15, 0.2) is 5.76 Å². The monoisotopic (exact) mass is 587 g/mol. The average Bonchev–Trinajstić information content (AvgIpc) is 3.47. The Labute approximate surface area is 240 Å². The Morgan fingerprint density at radius 3 is 1.51 bits per heavy atom. The number of anilines is 6. The molecule has 0 aliphatic rings. The summed E-state index contributed by atoms with van der Waals surface area (Å²) >= 11 is 0. The smallest absolute Gasteiger partial charge is 0.233 e. The molecule has 8 nitrogen and oxygen atoms in total. The molecule has 6 rings (SSSR count). The van der Waals surface area contributed by atoms with Gasteiger partial charge in [-0.25, -0.2) is 22.0 Å². The van der Waals surface area contributed by atoms with Crippen molar-refractivity contribution in [2.24, 2.45) is 0 Å². The predicted octanol–water partition coefficient (Wildman–Crippen LogP) is 8.12. The summed E-state index contributed by atoms with van der Waals surface area (Å²) in [5.74, 6) is -3.52. The lowest BCUT2D eigenvalue weighted by molar-refractivity contribution is 0.435. The largest absolute Gasteiger partial charge is 0.356 e. The van der Waals surface area contributed by atoms with Gasteiger partial charge in [-0.2, -0.15) is 15.0 Å². The highest BCUT2D eigenvalue weighted by molar-refractivity contribution is 5.69. The molecule has 0 aliphatic heterocycles. The van der Waals surface area contributed by atoms with Crippen molar-refractivity contribution in [3.8, 4) is 22.6 Å². The lowest BCUT2D eigenvalue weighted by atomic mass is 10.1. The highest BCUT2D eigenvalue weighted by Crippen LogP contribution is 2.28. The number of nitrogens with one attached hydrogen (secondary N) is 3. The Morgan fingerprint density at radius 1 is 0.488 bits per heavy atom. The van der Waals surface area contributed by atoms with E-state index in [1.54, 1.807) is 42.5 Å². The van der Waals surface area contributed by atoms with Gasteiger partial charge in [0.05, 0.1) is 11.4 Å². The molecule has 0 fully saturated rings. The van der Waals surface area contributed by atoms with Gasteiger partial charge in [0, 0.05) is 35.0 Å². The maximum atomic E-state index is 14.3. The molecule has 0 bridgehead atoms. The molecule has 6 aromatic rings. The van der Waals surface area contributed by atoms with Crippen molar-refractivity contribution in [1.82, 2.24) is 20.1 Å². The van der Waals surface area contributed by atoms with Crippen molar-refractivity contribution in [1.29, 1.82) is 0 Å². The molecule has 0 atom stereocenters. The Morgan fingerprint density at radius 2 is 0.977 bits per heavy atom. The van der Waals surface area contributed by atoms with Crippen LogP contribution in [0, 0.1) is 29.1 Å². The number of rotatable bonds is 8. The number of aromatic nitrogens is 4. The van der Waals surface area contributed by atoms with Crippen LogP contribution in [0.15, 0.2) is 95.5 Å². The standard InChI is InChI=1S/C30H18F5N7O/c31-18-5-1-17(2-6-18)27-15-26(42-43-27)16-3-9-21(10-4-16)36-28-39-29(37-24-11-7-19(32)13-22(24)34)41-30(40-28)38-25-12-8-20(33)14-23(25)35/h1-15H,(H3,36,37,38,39,40,41). The summed E-state index contributed by atoms with van der Waals surface area (Å²) in [6, 6.07) is 20.3. The fraction of sp³-hybridized carbons (Fsp3) is 0. The third-order valence-corrected chi connectivity index (χ3v) is 6.07. The van der Waals surface area contributed by atoms with Gasteiger partial charge in [-0.3, -0.25) is 0 Å². The van der Waals surface area contributed by atoms with Crippen LogP contribution in [0.1, 0.15) is 0 Å². The van der Waals surface area contributed by atoms with Crippen LogP contribution in [-0.4, -0.2) is 20.1 Å². The number of halogens is 5. The summed E-state index contributed by atoms with van der Waals surface area (Å²) < 4.78 is 74.0. The van der Waals surface area contributed by atoms with Crippen molar-refractivity contribution in [3.63, 3.8) is 0 Å². The van der Waals surface area contributed by atoms with Crippen LogP contribution < -0.4 is 16.0 Å². The zero-order valence-corrected chi connectivity index (χ0v) is 21.7. The molecule has 43 heavy (non-hydrogen) atoms. The number of benzene rings is 4. The summed E-state index contributed by atoms with van der Waals surface area (Å²) in [6.07, 6.45) is 0. The first-order valence-electron chi connectivity index (χ1n) is 12.6. The van der Waals surface area contributed by atoms with Crippen molar-refractivity contribution in [3.05, 3.63) is 120 Å². The molecule has 4 aromatic carbocycles. The van der Waals surface area contributed by atoms with Crippen molar-refractivity contribution in [2.75, 3.05) is 16.0 Å². The average molecular weight is 588 g/mol. The van der Waals surface area contributed by atoms with Crippen LogP contribution in [0.2, 0.25) is 0 Å². The van der Waals surface area contributed by atoms with Crippen LogP contribution >= 0.6 is 0 Å². The van der Waals surface area contributed by atoms with Gasteiger partial charge in [-0.15, -0.1) is 0 Å². The lowest BCUT2D eigenvalue weighted by Crippen LogP contribution is -2.08. The number of hydrogen-bond acceptors (Lipinski definition) is 8. The molecule has 0 spiro atoms. The first-order valence-corrected chi connectivity index (χ1v) is 12.6. The maximum absolute atomic E-state index is 14.3. The van der Waals surface area contributed by atoms with E-state index in [1.807, 2.05) is 0 Å². The van der Waals surface area contributed by atoms with E-state index in [-0.39, 0.29) is 35.0 Å². The molecule has 2 aromatic heterocycles. The quantitative estimate of drug-likeness (QED) is 0.154. The molecule has 0 amide bonds. The van der Waals surface area contributed by atoms with E-state index in [9.17, 15) is 22.0 Å². The fourth-order valence-corrected chi connectivity index (χ4v) is 3.98. The van der Waals surface area contributed by atoms with Crippen LogP contribution in [0.4, 0.5) is 56.9 Å². The second kappa shape index (κ2) is 11.6. The Hall–Kier alpha value is -5.85. The predicted molar refractivity (Wildman–Crippen MR) is 150 cm³/mol. The highest BCUT2D eigenvalue weighted by atomic mass is 19.1. The summed E-state index contributed by atoms with van der Waals surface area (Å²) in [7, 11) is 0. The Kier molecular flexibility index (Phi) is 7.35. The second-order valence-corrected chi connectivity index (χ2v) is 9.09. The minimum Gasteiger partial charge on any atom is -0.356 e. The van der Waals surface area contributed by atoms with Crippen LogP contribution in [0.25, 0.3) is 22.6 Å². The zero-order valence-electron chi connectivity index (χ0n) is 21.7. The van der Waals surface area contributed by atoms with Crippen molar-refractivity contribution < 1.29 is 26.5 Å². The van der Waals surface area contributed by atoms with Crippen LogP contribution in [0.5, 0.6) is 0 Å². The van der Waals surface area contributed by atoms with E-state index in [0.717, 1.165) is 17.7 Å². The summed E-state index contributed by atoms with van der Waals surface area (Å²) in [4.78, 5) is 12.6. The Balaban J connectivity index is 1.26. The molecular formula is C30H18F5N7O. The minimum absolute atomic E-state index is 0.0159.